The van der Waals surface area contributed by atoms with Crippen LogP contribution in [-0.2, 0) is 0 Å². The first kappa shape index (κ1) is 10.4. The largest absolute Gasteiger partial charge is 0.507 e. The normalized spacial score (nSPS) is 10.1. The van der Waals surface area contributed by atoms with Crippen molar-refractivity contribution in [2.45, 2.75) is 6.92 Å². The molecule has 0 unspecified atom stereocenters. The minimum absolute atomic E-state index is 0.259. The van der Waals surface area contributed by atoms with Gasteiger partial charge in [-0.15, -0.1) is 0 Å². The highest BCUT2D eigenvalue weighted by molar-refractivity contribution is 5.90. The number of phenolic OH excluding ortho intramolecular Hbond substituents is 1. The van der Waals surface area contributed by atoms with Crippen molar-refractivity contribution in [2.24, 2.45) is 0 Å². The van der Waals surface area contributed by atoms with Crippen LogP contribution in [0.4, 0.5) is 0 Å². The van der Waals surface area contributed by atoms with Gasteiger partial charge in [-0.2, -0.15) is 0 Å². The Morgan fingerprint density at radius 2 is 1.81 bits per heavy atom. The van der Waals surface area contributed by atoms with E-state index < -0.39 is 0 Å². The summed E-state index contributed by atoms with van der Waals surface area (Å²) in [5.74, 6) is 0.259. The molecule has 0 aliphatic rings. The lowest BCUT2D eigenvalue weighted by Crippen LogP contribution is -1.87. The van der Waals surface area contributed by atoms with E-state index in [0.29, 0.717) is 0 Å². The van der Waals surface area contributed by atoms with E-state index in [9.17, 15) is 5.11 Å². The van der Waals surface area contributed by atoms with Crippen molar-refractivity contribution in [3.8, 4) is 16.9 Å². The highest BCUT2D eigenvalue weighted by Crippen LogP contribution is 2.31. The molecule has 0 bridgehead atoms. The summed E-state index contributed by atoms with van der Waals surface area (Å²) in [6.07, 6.45) is 1.30. The number of aryl methyl sites for hydroxylation is 1. The molecule has 2 nitrogen and oxygen atoms in total. The van der Waals surface area contributed by atoms with Crippen molar-refractivity contribution in [2.75, 3.05) is 0 Å². The first-order valence-corrected chi connectivity index (χ1v) is 5.12. The van der Waals surface area contributed by atoms with E-state index in [1.165, 1.54) is 6.21 Å². The Kier molecular flexibility index (Phi) is 2.73. The van der Waals surface area contributed by atoms with E-state index in [0.717, 1.165) is 22.3 Å². The summed E-state index contributed by atoms with van der Waals surface area (Å²) in [5.41, 5.74) is 3.48. The SMILES string of the molecule is Cc1ccc(-c2ccccc2C=N)c(O)c1. The third kappa shape index (κ3) is 1.82. The summed E-state index contributed by atoms with van der Waals surface area (Å²) in [6, 6.07) is 13.1. The molecule has 0 amide bonds. The molecule has 0 saturated heterocycles. The van der Waals surface area contributed by atoms with Crippen LogP contribution in [0.25, 0.3) is 11.1 Å². The molecule has 2 rings (SSSR count). The molecular weight excluding hydrogens is 198 g/mol. The fraction of sp³-hybridized carbons (Fsp3) is 0.0714. The van der Waals surface area contributed by atoms with Gasteiger partial charge in [0.2, 0.25) is 0 Å². The number of aromatic hydroxyl groups is 1. The standard InChI is InChI=1S/C14H13NO/c1-10-6-7-13(14(16)8-10)12-5-3-2-4-11(12)9-15/h2-9,15-16H,1H3. The lowest BCUT2D eigenvalue weighted by Gasteiger charge is -2.08. The maximum atomic E-state index is 9.89. The molecule has 0 radical (unpaired) electrons. The van der Waals surface area contributed by atoms with Crippen molar-refractivity contribution in [3.63, 3.8) is 0 Å². The fourth-order valence-electron chi connectivity index (χ4n) is 1.74. The van der Waals surface area contributed by atoms with Gasteiger partial charge < -0.3 is 10.5 Å². The van der Waals surface area contributed by atoms with Gasteiger partial charge in [0, 0.05) is 11.8 Å². The number of hydrogen-bond donors (Lipinski definition) is 2. The summed E-state index contributed by atoms with van der Waals surface area (Å²) in [5, 5.41) is 17.2. The summed E-state index contributed by atoms with van der Waals surface area (Å²) < 4.78 is 0. The van der Waals surface area contributed by atoms with Crippen LogP contribution in [0.1, 0.15) is 11.1 Å². The average molecular weight is 211 g/mol. The fourth-order valence-corrected chi connectivity index (χ4v) is 1.74. The predicted molar refractivity (Wildman–Crippen MR) is 66.2 cm³/mol. The molecule has 0 saturated carbocycles. The number of rotatable bonds is 2. The number of hydrogen-bond acceptors (Lipinski definition) is 2. The maximum Gasteiger partial charge on any atom is 0.123 e. The maximum absolute atomic E-state index is 9.89. The van der Waals surface area contributed by atoms with Crippen LogP contribution in [0.2, 0.25) is 0 Å². The Morgan fingerprint density at radius 1 is 1.06 bits per heavy atom. The third-order valence-electron chi connectivity index (χ3n) is 2.56. The Bertz CT molecular complexity index is 532. The number of nitrogens with one attached hydrogen (secondary N) is 1. The molecule has 80 valence electrons. The van der Waals surface area contributed by atoms with Gasteiger partial charge in [-0.25, -0.2) is 0 Å². The van der Waals surface area contributed by atoms with Crippen LogP contribution >= 0.6 is 0 Å². The molecule has 0 atom stereocenters. The lowest BCUT2D eigenvalue weighted by molar-refractivity contribution is 0.477. The molecule has 2 aromatic carbocycles. The predicted octanol–water partition coefficient (Wildman–Crippen LogP) is 3.37. The topological polar surface area (TPSA) is 44.1 Å². The monoisotopic (exact) mass is 211 g/mol. The minimum Gasteiger partial charge on any atom is -0.507 e. The molecule has 2 aromatic rings. The minimum atomic E-state index is 0.259. The van der Waals surface area contributed by atoms with Gasteiger partial charge in [0.05, 0.1) is 0 Å². The Hall–Kier alpha value is -2.09. The molecule has 2 heteroatoms. The van der Waals surface area contributed by atoms with Gasteiger partial charge in [-0.3, -0.25) is 0 Å². The van der Waals surface area contributed by atoms with Crippen LogP contribution < -0.4 is 0 Å². The van der Waals surface area contributed by atoms with Crippen LogP contribution in [-0.4, -0.2) is 11.3 Å². The molecular formula is C14H13NO. The van der Waals surface area contributed by atoms with Crippen LogP contribution in [0.3, 0.4) is 0 Å². The van der Waals surface area contributed by atoms with Crippen molar-refractivity contribution in [3.05, 3.63) is 53.6 Å². The summed E-state index contributed by atoms with van der Waals surface area (Å²) >= 11 is 0. The first-order chi connectivity index (χ1) is 7.72. The quantitative estimate of drug-likeness (QED) is 0.735. The molecule has 16 heavy (non-hydrogen) atoms. The van der Waals surface area contributed by atoms with Crippen LogP contribution in [0, 0.1) is 12.3 Å². The van der Waals surface area contributed by atoms with Crippen LogP contribution in [0.5, 0.6) is 5.75 Å². The Labute approximate surface area is 94.7 Å². The molecule has 0 spiro atoms. The van der Waals surface area contributed by atoms with Gasteiger partial charge in [-0.05, 0) is 29.7 Å². The van der Waals surface area contributed by atoms with Gasteiger partial charge in [0.1, 0.15) is 5.75 Å². The Balaban J connectivity index is 2.62. The second-order valence-electron chi connectivity index (χ2n) is 3.75. The number of phenols is 1. The zero-order chi connectivity index (χ0) is 11.5. The number of benzene rings is 2. The van der Waals surface area contributed by atoms with Gasteiger partial charge in [-0.1, -0.05) is 36.4 Å². The lowest BCUT2D eigenvalue weighted by atomic mass is 9.98. The molecule has 0 heterocycles. The highest BCUT2D eigenvalue weighted by atomic mass is 16.3. The average Bonchev–Trinajstić information content (AvgIpc) is 2.29. The zero-order valence-electron chi connectivity index (χ0n) is 9.07. The van der Waals surface area contributed by atoms with E-state index in [1.54, 1.807) is 6.07 Å². The molecule has 0 fully saturated rings. The van der Waals surface area contributed by atoms with Crippen molar-refractivity contribution < 1.29 is 5.11 Å². The van der Waals surface area contributed by atoms with E-state index in [2.05, 4.69) is 0 Å². The van der Waals surface area contributed by atoms with Crippen molar-refractivity contribution in [1.82, 2.24) is 0 Å². The molecule has 2 N–H and O–H groups in total. The van der Waals surface area contributed by atoms with Crippen LogP contribution in [0.15, 0.2) is 42.5 Å². The smallest absolute Gasteiger partial charge is 0.123 e. The van der Waals surface area contributed by atoms with E-state index in [-0.39, 0.29) is 5.75 Å². The van der Waals surface area contributed by atoms with E-state index >= 15 is 0 Å². The highest BCUT2D eigenvalue weighted by Gasteiger charge is 2.07. The summed E-state index contributed by atoms with van der Waals surface area (Å²) in [6.45, 7) is 1.94. The van der Waals surface area contributed by atoms with E-state index in [4.69, 9.17) is 5.41 Å². The first-order valence-electron chi connectivity index (χ1n) is 5.12. The molecule has 0 aromatic heterocycles. The van der Waals surface area contributed by atoms with Crippen molar-refractivity contribution in [1.29, 1.82) is 5.41 Å². The molecule has 0 aliphatic carbocycles. The third-order valence-corrected chi connectivity index (χ3v) is 2.56. The zero-order valence-corrected chi connectivity index (χ0v) is 9.07. The van der Waals surface area contributed by atoms with Crippen molar-refractivity contribution >= 4 is 6.21 Å². The summed E-state index contributed by atoms with van der Waals surface area (Å²) in [7, 11) is 0. The Morgan fingerprint density at radius 3 is 2.50 bits per heavy atom. The molecule has 0 aliphatic heterocycles. The van der Waals surface area contributed by atoms with Gasteiger partial charge in [0.15, 0.2) is 0 Å². The van der Waals surface area contributed by atoms with Gasteiger partial charge >= 0.3 is 0 Å². The second kappa shape index (κ2) is 4.19. The van der Waals surface area contributed by atoms with E-state index in [1.807, 2.05) is 43.3 Å². The second-order valence-corrected chi connectivity index (χ2v) is 3.75. The summed E-state index contributed by atoms with van der Waals surface area (Å²) in [4.78, 5) is 0. The van der Waals surface area contributed by atoms with Gasteiger partial charge in [0.25, 0.3) is 0 Å².